The molecule has 2 heterocycles. The van der Waals surface area contributed by atoms with Crippen molar-refractivity contribution in [1.82, 2.24) is 9.80 Å². The molecule has 0 aromatic heterocycles. The van der Waals surface area contributed by atoms with E-state index in [4.69, 9.17) is 4.74 Å². The largest absolute Gasteiger partial charge is 0.395 e. The maximum Gasteiger partial charge on any atom is 0.248 e. The highest BCUT2D eigenvalue weighted by molar-refractivity contribution is 5.77. The van der Waals surface area contributed by atoms with E-state index >= 15 is 0 Å². The van der Waals surface area contributed by atoms with Crippen LogP contribution in [0.5, 0.6) is 0 Å². The Hall–Kier alpha value is -2.28. The molecule has 30 heavy (non-hydrogen) atoms. The Morgan fingerprint density at radius 1 is 1.07 bits per heavy atom. The van der Waals surface area contributed by atoms with Crippen molar-refractivity contribution in [2.45, 2.75) is 30.8 Å². The van der Waals surface area contributed by atoms with Gasteiger partial charge in [0.05, 0.1) is 6.61 Å². The van der Waals surface area contributed by atoms with Crippen LogP contribution in [0.1, 0.15) is 24.3 Å². The number of benzene rings is 2. The van der Waals surface area contributed by atoms with E-state index in [1.165, 1.54) is 17.7 Å². The number of ether oxygens (including phenoxy) is 1. The number of halogens is 1. The van der Waals surface area contributed by atoms with Gasteiger partial charge in [0.15, 0.2) is 0 Å². The third-order valence-corrected chi connectivity index (χ3v) is 6.46. The molecule has 0 aliphatic carbocycles. The fourth-order valence-electron chi connectivity index (χ4n) is 4.92. The number of rotatable bonds is 5. The second kappa shape index (κ2) is 9.25. The summed E-state index contributed by atoms with van der Waals surface area (Å²) in [5.41, 5.74) is 3.17. The summed E-state index contributed by atoms with van der Waals surface area (Å²) in [6, 6.07) is 15.1. The quantitative estimate of drug-likeness (QED) is 0.821. The van der Waals surface area contributed by atoms with Gasteiger partial charge < -0.3 is 14.7 Å². The summed E-state index contributed by atoms with van der Waals surface area (Å²) in [5.74, 6) is -0.0435. The molecular weight excluding hydrogens is 383 g/mol. The third-order valence-electron chi connectivity index (χ3n) is 6.46. The SMILES string of the molecule is COCC(=O)N1CCCCN2[C@@H](CO)[C@H](c3ccc(-c4ccc(F)cc4)cc3)[C@@H]2C1. The monoisotopic (exact) mass is 412 g/mol. The second-order valence-electron chi connectivity index (χ2n) is 8.19. The summed E-state index contributed by atoms with van der Waals surface area (Å²) in [5, 5.41) is 10.1. The molecule has 2 fully saturated rings. The van der Waals surface area contributed by atoms with E-state index in [0.717, 1.165) is 37.1 Å². The third kappa shape index (κ3) is 4.13. The molecule has 0 unspecified atom stereocenters. The summed E-state index contributed by atoms with van der Waals surface area (Å²) in [7, 11) is 1.55. The average Bonchev–Trinajstić information content (AvgIpc) is 2.74. The smallest absolute Gasteiger partial charge is 0.248 e. The van der Waals surface area contributed by atoms with Crippen LogP contribution in [0, 0.1) is 5.82 Å². The molecule has 0 spiro atoms. The van der Waals surface area contributed by atoms with Gasteiger partial charge in [-0.2, -0.15) is 0 Å². The van der Waals surface area contributed by atoms with Crippen LogP contribution in [0.3, 0.4) is 0 Å². The van der Waals surface area contributed by atoms with E-state index in [0.29, 0.717) is 6.54 Å². The van der Waals surface area contributed by atoms with Crippen LogP contribution in [0.15, 0.2) is 48.5 Å². The van der Waals surface area contributed by atoms with Crippen LogP contribution >= 0.6 is 0 Å². The topological polar surface area (TPSA) is 53.0 Å². The van der Waals surface area contributed by atoms with Crippen LogP contribution in [-0.2, 0) is 9.53 Å². The van der Waals surface area contributed by atoms with Crippen LogP contribution in [0.2, 0.25) is 0 Å². The summed E-state index contributed by atoms with van der Waals surface area (Å²) < 4.78 is 18.3. The number of carbonyl (C=O) groups is 1. The number of hydrogen-bond acceptors (Lipinski definition) is 4. The first-order valence-corrected chi connectivity index (χ1v) is 10.6. The molecule has 4 rings (SSSR count). The zero-order valence-corrected chi connectivity index (χ0v) is 17.3. The minimum Gasteiger partial charge on any atom is -0.395 e. The first-order valence-electron chi connectivity index (χ1n) is 10.6. The minimum absolute atomic E-state index is 0.0252. The molecule has 6 heteroatoms. The summed E-state index contributed by atoms with van der Waals surface area (Å²) in [6.07, 6.45) is 1.98. The lowest BCUT2D eigenvalue weighted by Crippen LogP contribution is -2.68. The highest BCUT2D eigenvalue weighted by atomic mass is 19.1. The normalized spacial score (nSPS) is 24.5. The van der Waals surface area contributed by atoms with Crippen molar-refractivity contribution in [3.05, 3.63) is 59.9 Å². The molecule has 2 aliphatic rings. The van der Waals surface area contributed by atoms with Crippen LogP contribution in [-0.4, -0.2) is 72.9 Å². The first kappa shape index (κ1) is 21.0. The van der Waals surface area contributed by atoms with Crippen molar-refractivity contribution < 1.29 is 19.0 Å². The van der Waals surface area contributed by atoms with Crippen molar-refractivity contribution in [3.8, 4) is 11.1 Å². The Kier molecular flexibility index (Phi) is 6.46. The Morgan fingerprint density at radius 3 is 2.33 bits per heavy atom. The minimum atomic E-state index is -0.243. The Labute approximate surface area is 177 Å². The molecule has 160 valence electrons. The number of aliphatic hydroxyl groups excluding tert-OH is 1. The van der Waals surface area contributed by atoms with Gasteiger partial charge in [0.1, 0.15) is 12.4 Å². The van der Waals surface area contributed by atoms with Gasteiger partial charge in [-0.25, -0.2) is 4.39 Å². The van der Waals surface area contributed by atoms with Gasteiger partial charge in [-0.1, -0.05) is 36.4 Å². The molecule has 5 nitrogen and oxygen atoms in total. The number of amides is 1. The predicted molar refractivity (Wildman–Crippen MR) is 114 cm³/mol. The number of methoxy groups -OCH3 is 1. The lowest BCUT2D eigenvalue weighted by Gasteiger charge is -2.57. The standard InChI is InChI=1S/C24H29FN2O3/c1-30-16-23(29)26-12-2-3-13-27-21(14-26)24(22(27)15-28)19-6-4-17(5-7-19)18-8-10-20(25)11-9-18/h4-11,21-22,24,28H,2-3,12-16H2,1H3/t21-,22-,24+/m0/s1. The number of nitrogens with zero attached hydrogens (tertiary/aromatic N) is 2. The van der Waals surface area contributed by atoms with Crippen molar-refractivity contribution in [2.24, 2.45) is 0 Å². The maximum atomic E-state index is 13.2. The van der Waals surface area contributed by atoms with Crippen molar-refractivity contribution in [2.75, 3.05) is 40.0 Å². The van der Waals surface area contributed by atoms with Crippen LogP contribution in [0.4, 0.5) is 4.39 Å². The Morgan fingerprint density at radius 2 is 1.70 bits per heavy atom. The Balaban J connectivity index is 1.55. The molecule has 3 atom stereocenters. The van der Waals surface area contributed by atoms with Gasteiger partial charge in [0, 0.05) is 38.2 Å². The zero-order valence-electron chi connectivity index (χ0n) is 17.3. The molecule has 0 bridgehead atoms. The molecule has 1 N–H and O–H groups in total. The van der Waals surface area contributed by atoms with Crippen molar-refractivity contribution in [3.63, 3.8) is 0 Å². The van der Waals surface area contributed by atoms with E-state index in [-0.39, 0.29) is 42.9 Å². The van der Waals surface area contributed by atoms with Crippen molar-refractivity contribution >= 4 is 5.91 Å². The molecule has 2 aromatic carbocycles. The number of hydrogen-bond donors (Lipinski definition) is 1. The molecule has 2 saturated heterocycles. The molecular formula is C24H29FN2O3. The molecule has 0 saturated carbocycles. The average molecular weight is 413 g/mol. The maximum absolute atomic E-state index is 13.2. The Bertz CT molecular complexity index is 856. The van der Waals surface area contributed by atoms with Gasteiger partial charge in [0.25, 0.3) is 0 Å². The van der Waals surface area contributed by atoms with E-state index in [1.807, 2.05) is 4.90 Å². The second-order valence-corrected chi connectivity index (χ2v) is 8.19. The summed E-state index contributed by atoms with van der Waals surface area (Å²) in [6.45, 7) is 2.57. The van der Waals surface area contributed by atoms with E-state index in [1.54, 1.807) is 19.2 Å². The van der Waals surface area contributed by atoms with Crippen molar-refractivity contribution in [1.29, 1.82) is 0 Å². The van der Waals surface area contributed by atoms with E-state index < -0.39 is 0 Å². The molecule has 2 aromatic rings. The fraction of sp³-hybridized carbons (Fsp3) is 0.458. The highest BCUT2D eigenvalue weighted by Gasteiger charge is 2.49. The lowest BCUT2D eigenvalue weighted by atomic mass is 9.74. The number of fused-ring (bicyclic) bond motifs is 1. The fourth-order valence-corrected chi connectivity index (χ4v) is 4.92. The first-order chi connectivity index (χ1) is 14.6. The van der Waals surface area contributed by atoms with Gasteiger partial charge in [-0.05, 0) is 48.2 Å². The van der Waals surface area contributed by atoms with Crippen LogP contribution < -0.4 is 0 Å². The van der Waals surface area contributed by atoms with E-state index in [9.17, 15) is 14.3 Å². The molecule has 1 amide bonds. The van der Waals surface area contributed by atoms with E-state index in [2.05, 4.69) is 29.2 Å². The summed E-state index contributed by atoms with van der Waals surface area (Å²) in [4.78, 5) is 16.7. The van der Waals surface area contributed by atoms with Gasteiger partial charge in [-0.3, -0.25) is 9.69 Å². The number of aliphatic hydroxyl groups is 1. The highest BCUT2D eigenvalue weighted by Crippen LogP contribution is 2.42. The zero-order chi connectivity index (χ0) is 21.1. The molecule has 0 radical (unpaired) electrons. The van der Waals surface area contributed by atoms with Gasteiger partial charge >= 0.3 is 0 Å². The van der Waals surface area contributed by atoms with Gasteiger partial charge in [0.2, 0.25) is 5.91 Å². The number of carbonyl (C=O) groups excluding carboxylic acids is 1. The predicted octanol–water partition coefficient (Wildman–Crippen LogP) is 2.89. The summed E-state index contributed by atoms with van der Waals surface area (Å²) >= 11 is 0. The van der Waals surface area contributed by atoms with Gasteiger partial charge in [-0.15, -0.1) is 0 Å². The van der Waals surface area contributed by atoms with Crippen LogP contribution in [0.25, 0.3) is 11.1 Å². The lowest BCUT2D eigenvalue weighted by molar-refractivity contribution is -0.140. The molecule has 2 aliphatic heterocycles.